The third-order valence-electron chi connectivity index (χ3n) is 4.27. The summed E-state index contributed by atoms with van der Waals surface area (Å²) < 4.78 is 26.7. The summed E-state index contributed by atoms with van der Waals surface area (Å²) in [5, 5.41) is 2.93. The average Bonchev–Trinajstić information content (AvgIpc) is 3.10. The van der Waals surface area contributed by atoms with Gasteiger partial charge in [-0.3, -0.25) is 4.79 Å². The number of hydrogen-bond acceptors (Lipinski definition) is 1. The zero-order valence-electron chi connectivity index (χ0n) is 10.7. The molecular weight excluding hydrogens is 248 g/mol. The highest BCUT2D eigenvalue weighted by Gasteiger charge is 2.45. The topological polar surface area (TPSA) is 29.1 Å². The molecule has 0 aromatic heterocycles. The van der Waals surface area contributed by atoms with E-state index in [1.165, 1.54) is 25.3 Å². The van der Waals surface area contributed by atoms with Crippen molar-refractivity contribution in [2.24, 2.45) is 11.8 Å². The Morgan fingerprint density at radius 3 is 2.79 bits per heavy atom. The minimum atomic E-state index is -0.447. The van der Waals surface area contributed by atoms with Gasteiger partial charge in [-0.05, 0) is 54.9 Å². The molecule has 0 heterocycles. The first kappa shape index (κ1) is 12.6. The molecule has 1 aromatic carbocycles. The van der Waals surface area contributed by atoms with Crippen molar-refractivity contribution in [3.05, 3.63) is 35.4 Å². The number of rotatable bonds is 4. The van der Waals surface area contributed by atoms with E-state index in [2.05, 4.69) is 5.32 Å². The second-order valence-electron chi connectivity index (χ2n) is 5.66. The SMILES string of the molecule is O=C(NCC1CCC1)C1CC1c1cc(F)ccc1F. The molecule has 1 aromatic rings. The highest BCUT2D eigenvalue weighted by molar-refractivity contribution is 5.82. The molecule has 102 valence electrons. The summed E-state index contributed by atoms with van der Waals surface area (Å²) in [7, 11) is 0. The average molecular weight is 265 g/mol. The lowest BCUT2D eigenvalue weighted by Gasteiger charge is -2.25. The first-order valence-electron chi connectivity index (χ1n) is 6.88. The van der Waals surface area contributed by atoms with Gasteiger partial charge in [0.25, 0.3) is 0 Å². The van der Waals surface area contributed by atoms with Crippen LogP contribution in [0.2, 0.25) is 0 Å². The molecule has 2 aliphatic rings. The first-order valence-corrected chi connectivity index (χ1v) is 6.88. The largest absolute Gasteiger partial charge is 0.356 e. The van der Waals surface area contributed by atoms with Crippen LogP contribution in [0.1, 0.15) is 37.2 Å². The molecule has 0 spiro atoms. The van der Waals surface area contributed by atoms with Crippen molar-refractivity contribution in [1.82, 2.24) is 5.32 Å². The number of benzene rings is 1. The van der Waals surface area contributed by atoms with E-state index >= 15 is 0 Å². The Labute approximate surface area is 111 Å². The molecule has 2 unspecified atom stereocenters. The molecule has 19 heavy (non-hydrogen) atoms. The van der Waals surface area contributed by atoms with Gasteiger partial charge in [0.15, 0.2) is 0 Å². The molecule has 4 heteroatoms. The first-order chi connectivity index (χ1) is 9.15. The molecule has 2 fully saturated rings. The number of halogens is 2. The predicted octanol–water partition coefficient (Wildman–Crippen LogP) is 2.98. The standard InChI is InChI=1S/C15H17F2NO/c16-10-4-5-14(17)12(6-10)11-7-13(11)15(19)18-8-9-2-1-3-9/h4-6,9,11,13H,1-3,7-8H2,(H,18,19). The normalized spacial score (nSPS) is 25.8. The second kappa shape index (κ2) is 4.91. The summed E-state index contributed by atoms with van der Waals surface area (Å²) in [6, 6.07) is 3.44. The van der Waals surface area contributed by atoms with Gasteiger partial charge in [0, 0.05) is 12.5 Å². The van der Waals surface area contributed by atoms with Crippen molar-refractivity contribution in [2.45, 2.75) is 31.6 Å². The maximum absolute atomic E-state index is 13.6. The van der Waals surface area contributed by atoms with Gasteiger partial charge in [0.05, 0.1) is 0 Å². The van der Waals surface area contributed by atoms with Crippen LogP contribution in [-0.2, 0) is 4.79 Å². The van der Waals surface area contributed by atoms with Crippen LogP contribution < -0.4 is 5.32 Å². The van der Waals surface area contributed by atoms with E-state index in [4.69, 9.17) is 0 Å². The van der Waals surface area contributed by atoms with Crippen LogP contribution >= 0.6 is 0 Å². The third kappa shape index (κ3) is 2.62. The lowest BCUT2D eigenvalue weighted by Crippen LogP contribution is -2.33. The van der Waals surface area contributed by atoms with Gasteiger partial charge < -0.3 is 5.32 Å². The van der Waals surface area contributed by atoms with Crippen LogP contribution in [0, 0.1) is 23.5 Å². The van der Waals surface area contributed by atoms with Crippen molar-refractivity contribution < 1.29 is 13.6 Å². The summed E-state index contributed by atoms with van der Waals surface area (Å²) in [5.74, 6) is -0.598. The number of nitrogens with one attached hydrogen (secondary N) is 1. The van der Waals surface area contributed by atoms with Crippen molar-refractivity contribution in [3.8, 4) is 0 Å². The smallest absolute Gasteiger partial charge is 0.223 e. The van der Waals surface area contributed by atoms with Gasteiger partial charge >= 0.3 is 0 Å². The fourth-order valence-corrected chi connectivity index (χ4v) is 2.70. The van der Waals surface area contributed by atoms with Gasteiger partial charge in [-0.25, -0.2) is 8.78 Å². The third-order valence-corrected chi connectivity index (χ3v) is 4.27. The van der Waals surface area contributed by atoms with E-state index in [0.717, 1.165) is 18.7 Å². The maximum Gasteiger partial charge on any atom is 0.223 e. The van der Waals surface area contributed by atoms with E-state index in [0.29, 0.717) is 17.9 Å². The molecule has 2 atom stereocenters. The fraction of sp³-hybridized carbons (Fsp3) is 0.533. The van der Waals surface area contributed by atoms with Crippen LogP contribution in [-0.4, -0.2) is 12.5 Å². The minimum absolute atomic E-state index is 0.0134. The number of hydrogen-bond donors (Lipinski definition) is 1. The Bertz CT molecular complexity index is 499. The Kier molecular flexibility index (Phi) is 3.25. The number of carbonyl (C=O) groups is 1. The molecule has 0 radical (unpaired) electrons. The molecule has 0 bridgehead atoms. The lowest BCUT2D eigenvalue weighted by atomic mass is 9.85. The summed E-state index contributed by atoms with van der Waals surface area (Å²) in [6.45, 7) is 0.730. The molecule has 0 aliphatic heterocycles. The highest BCUT2D eigenvalue weighted by Crippen LogP contribution is 2.48. The molecule has 2 nitrogen and oxygen atoms in total. The summed E-state index contributed by atoms with van der Waals surface area (Å²) in [4.78, 5) is 11.9. The monoisotopic (exact) mass is 265 g/mol. The van der Waals surface area contributed by atoms with E-state index < -0.39 is 11.6 Å². The van der Waals surface area contributed by atoms with Crippen LogP contribution in [0.15, 0.2) is 18.2 Å². The van der Waals surface area contributed by atoms with Gasteiger partial charge in [0.2, 0.25) is 5.91 Å². The van der Waals surface area contributed by atoms with Gasteiger partial charge in [0.1, 0.15) is 11.6 Å². The summed E-state index contributed by atoms with van der Waals surface area (Å²) in [5.41, 5.74) is 0.337. The van der Waals surface area contributed by atoms with Crippen molar-refractivity contribution in [2.75, 3.05) is 6.54 Å². The molecular formula is C15H17F2NO. The van der Waals surface area contributed by atoms with Crippen LogP contribution in [0.3, 0.4) is 0 Å². The highest BCUT2D eigenvalue weighted by atomic mass is 19.1. The van der Waals surface area contributed by atoms with Crippen LogP contribution in [0.5, 0.6) is 0 Å². The molecule has 1 amide bonds. The van der Waals surface area contributed by atoms with Crippen molar-refractivity contribution in [3.63, 3.8) is 0 Å². The molecule has 1 N–H and O–H groups in total. The van der Waals surface area contributed by atoms with Crippen molar-refractivity contribution in [1.29, 1.82) is 0 Å². The van der Waals surface area contributed by atoms with E-state index in [9.17, 15) is 13.6 Å². The molecule has 3 rings (SSSR count). The quantitative estimate of drug-likeness (QED) is 0.891. The van der Waals surface area contributed by atoms with Crippen molar-refractivity contribution >= 4 is 5.91 Å². The zero-order chi connectivity index (χ0) is 13.4. The molecule has 2 saturated carbocycles. The van der Waals surface area contributed by atoms with Gasteiger partial charge in [-0.1, -0.05) is 6.42 Å². The van der Waals surface area contributed by atoms with E-state index in [1.807, 2.05) is 0 Å². The predicted molar refractivity (Wildman–Crippen MR) is 67.6 cm³/mol. The minimum Gasteiger partial charge on any atom is -0.356 e. The molecule has 0 saturated heterocycles. The van der Waals surface area contributed by atoms with Gasteiger partial charge in [-0.15, -0.1) is 0 Å². The Morgan fingerprint density at radius 1 is 1.32 bits per heavy atom. The molecule has 2 aliphatic carbocycles. The Balaban J connectivity index is 1.57. The maximum atomic E-state index is 13.6. The van der Waals surface area contributed by atoms with E-state index in [1.54, 1.807) is 0 Å². The number of carbonyl (C=O) groups excluding carboxylic acids is 1. The second-order valence-corrected chi connectivity index (χ2v) is 5.66. The Morgan fingerprint density at radius 2 is 2.11 bits per heavy atom. The fourth-order valence-electron chi connectivity index (χ4n) is 2.70. The van der Waals surface area contributed by atoms with Crippen LogP contribution in [0.4, 0.5) is 8.78 Å². The number of amides is 1. The summed E-state index contributed by atoms with van der Waals surface area (Å²) >= 11 is 0. The van der Waals surface area contributed by atoms with Crippen LogP contribution in [0.25, 0.3) is 0 Å². The zero-order valence-corrected chi connectivity index (χ0v) is 10.7. The summed E-state index contributed by atoms with van der Waals surface area (Å²) in [6.07, 6.45) is 4.25. The van der Waals surface area contributed by atoms with E-state index in [-0.39, 0.29) is 17.7 Å². The van der Waals surface area contributed by atoms with Gasteiger partial charge in [-0.2, -0.15) is 0 Å². The lowest BCUT2D eigenvalue weighted by molar-refractivity contribution is -0.122. The Hall–Kier alpha value is -1.45.